The zero-order valence-electron chi connectivity index (χ0n) is 15.6. The second-order valence-corrected chi connectivity index (χ2v) is 6.11. The maximum Gasteiger partial charge on any atom is 0.337 e. The molecule has 0 heterocycles. The third kappa shape index (κ3) is 5.52. The van der Waals surface area contributed by atoms with Gasteiger partial charge in [0.1, 0.15) is 0 Å². The monoisotopic (exact) mass is 385 g/mol. The molecule has 2 rings (SSSR count). The molecule has 0 fully saturated rings. The quantitative estimate of drug-likeness (QED) is 0.586. The lowest BCUT2D eigenvalue weighted by Gasteiger charge is -2.21. The molecule has 142 valence electrons. The normalized spacial score (nSPS) is 10.0. The first-order chi connectivity index (χ1) is 13.0. The molecule has 0 radical (unpaired) electrons. The highest BCUT2D eigenvalue weighted by Crippen LogP contribution is 2.17. The molecule has 0 aliphatic carbocycles. The zero-order chi connectivity index (χ0) is 19.8. The van der Waals surface area contributed by atoms with E-state index in [1.165, 1.54) is 13.2 Å². The number of ether oxygens (including phenoxy) is 1. The third-order valence-corrected chi connectivity index (χ3v) is 4.23. The second kappa shape index (κ2) is 9.68. The number of carbonyl (C=O) groups excluding carboxylic acids is 2. The smallest absolute Gasteiger partial charge is 0.337 e. The largest absolute Gasteiger partial charge is 0.465 e. The van der Waals surface area contributed by atoms with Gasteiger partial charge in [0, 0.05) is 30.0 Å². The first-order valence-electron chi connectivity index (χ1n) is 8.64. The van der Waals surface area contributed by atoms with Crippen molar-refractivity contribution < 1.29 is 14.3 Å². The van der Waals surface area contributed by atoms with Crippen LogP contribution in [0.1, 0.15) is 34.6 Å². The van der Waals surface area contributed by atoms with Crippen molar-refractivity contribution in [1.29, 1.82) is 0 Å². The molecule has 0 bridgehead atoms. The van der Waals surface area contributed by atoms with Crippen molar-refractivity contribution in [2.24, 2.45) is 0 Å². The highest BCUT2D eigenvalue weighted by Gasteiger charge is 2.12. The number of amides is 1. The lowest BCUT2D eigenvalue weighted by molar-refractivity contribution is 0.0600. The van der Waals surface area contributed by atoms with E-state index in [9.17, 15) is 9.59 Å². The lowest BCUT2D eigenvalue weighted by atomic mass is 10.1. The fourth-order valence-electron chi connectivity index (χ4n) is 2.59. The summed E-state index contributed by atoms with van der Waals surface area (Å²) >= 11 is 5.20. The van der Waals surface area contributed by atoms with Crippen LogP contribution in [0.4, 0.5) is 11.4 Å². The average Bonchev–Trinajstić information content (AvgIpc) is 2.69. The van der Waals surface area contributed by atoms with Gasteiger partial charge in [-0.05, 0) is 68.5 Å². The van der Waals surface area contributed by atoms with E-state index in [0.717, 1.165) is 24.5 Å². The number of nitrogens with one attached hydrogen (secondary N) is 2. The number of benzene rings is 2. The SMILES string of the molecule is CCN(CC)c1ccc(NC(=S)NC(=O)c2cccc(C(=O)OC)c2)cc1. The molecule has 0 spiro atoms. The molecule has 6 nitrogen and oxygen atoms in total. The molecule has 0 saturated heterocycles. The average molecular weight is 385 g/mol. The van der Waals surface area contributed by atoms with Crippen LogP contribution >= 0.6 is 12.2 Å². The van der Waals surface area contributed by atoms with Gasteiger partial charge < -0.3 is 15.0 Å². The summed E-state index contributed by atoms with van der Waals surface area (Å²) in [5.41, 5.74) is 2.52. The van der Waals surface area contributed by atoms with E-state index >= 15 is 0 Å². The maximum absolute atomic E-state index is 12.3. The summed E-state index contributed by atoms with van der Waals surface area (Å²) in [6, 6.07) is 14.1. The minimum Gasteiger partial charge on any atom is -0.465 e. The molecule has 2 aromatic rings. The van der Waals surface area contributed by atoms with Gasteiger partial charge in [-0.1, -0.05) is 6.07 Å². The van der Waals surface area contributed by atoms with E-state index in [-0.39, 0.29) is 5.11 Å². The number of thiocarbonyl (C=S) groups is 1. The van der Waals surface area contributed by atoms with Crippen molar-refractivity contribution in [3.05, 3.63) is 59.7 Å². The topological polar surface area (TPSA) is 70.7 Å². The van der Waals surface area contributed by atoms with Crippen LogP contribution in [0.25, 0.3) is 0 Å². The van der Waals surface area contributed by atoms with Crippen LogP contribution < -0.4 is 15.5 Å². The standard InChI is InChI=1S/C20H23N3O3S/c1-4-23(5-2)17-11-9-16(10-12-17)21-20(27)22-18(24)14-7-6-8-15(13-14)19(25)26-3/h6-13H,4-5H2,1-3H3,(H2,21,22,24,27). The molecule has 2 aromatic carbocycles. The van der Waals surface area contributed by atoms with Gasteiger partial charge in [0.15, 0.2) is 5.11 Å². The zero-order valence-corrected chi connectivity index (χ0v) is 16.4. The Bertz CT molecular complexity index is 817. The molecular weight excluding hydrogens is 362 g/mol. The van der Waals surface area contributed by atoms with E-state index in [0.29, 0.717) is 11.1 Å². The number of carbonyl (C=O) groups is 2. The minimum atomic E-state index is -0.501. The van der Waals surface area contributed by atoms with Gasteiger partial charge in [-0.25, -0.2) is 4.79 Å². The van der Waals surface area contributed by atoms with Crippen LogP contribution in [0.5, 0.6) is 0 Å². The summed E-state index contributed by atoms with van der Waals surface area (Å²) < 4.78 is 4.66. The van der Waals surface area contributed by atoms with E-state index < -0.39 is 11.9 Å². The summed E-state index contributed by atoms with van der Waals surface area (Å²) in [7, 11) is 1.29. The molecule has 1 amide bonds. The number of hydrogen-bond donors (Lipinski definition) is 2. The first-order valence-corrected chi connectivity index (χ1v) is 9.05. The van der Waals surface area contributed by atoms with Crippen molar-refractivity contribution in [3.63, 3.8) is 0 Å². The Hall–Kier alpha value is -2.93. The Morgan fingerprint density at radius 1 is 1.04 bits per heavy atom. The molecule has 7 heteroatoms. The van der Waals surface area contributed by atoms with Crippen LogP contribution in [-0.4, -0.2) is 37.2 Å². The van der Waals surface area contributed by atoms with E-state index in [1.807, 2.05) is 24.3 Å². The second-order valence-electron chi connectivity index (χ2n) is 5.70. The Morgan fingerprint density at radius 3 is 2.26 bits per heavy atom. The van der Waals surface area contributed by atoms with Crippen LogP contribution in [0.3, 0.4) is 0 Å². The fraction of sp³-hybridized carbons (Fsp3) is 0.250. The van der Waals surface area contributed by atoms with Gasteiger partial charge in [0.05, 0.1) is 12.7 Å². The number of methoxy groups -OCH3 is 1. The van der Waals surface area contributed by atoms with Crippen LogP contribution in [-0.2, 0) is 4.74 Å². The molecule has 2 N–H and O–H groups in total. The Balaban J connectivity index is 1.99. The van der Waals surface area contributed by atoms with Gasteiger partial charge in [-0.15, -0.1) is 0 Å². The third-order valence-electron chi connectivity index (χ3n) is 4.03. The number of hydrogen-bond acceptors (Lipinski definition) is 5. The first kappa shape index (κ1) is 20.4. The minimum absolute atomic E-state index is 0.180. The number of esters is 1. The molecule has 0 aliphatic rings. The fourth-order valence-corrected chi connectivity index (χ4v) is 2.80. The van der Waals surface area contributed by atoms with Gasteiger partial charge >= 0.3 is 5.97 Å². The van der Waals surface area contributed by atoms with Gasteiger partial charge in [-0.3, -0.25) is 10.1 Å². The summed E-state index contributed by atoms with van der Waals surface area (Å²) in [6.45, 7) is 6.08. The highest BCUT2D eigenvalue weighted by molar-refractivity contribution is 7.80. The van der Waals surface area contributed by atoms with Crippen molar-refractivity contribution in [2.75, 3.05) is 30.4 Å². The Kier molecular flexibility index (Phi) is 7.31. The van der Waals surface area contributed by atoms with Gasteiger partial charge in [0.25, 0.3) is 5.91 Å². The molecule has 0 unspecified atom stereocenters. The predicted octanol–water partition coefficient (Wildman–Crippen LogP) is 3.45. The van der Waals surface area contributed by atoms with Crippen molar-refractivity contribution >= 4 is 40.6 Å². The Labute approximate surface area is 164 Å². The lowest BCUT2D eigenvalue weighted by Crippen LogP contribution is -2.34. The molecular formula is C20H23N3O3S. The summed E-state index contributed by atoms with van der Waals surface area (Å²) in [5.74, 6) is -0.906. The summed E-state index contributed by atoms with van der Waals surface area (Å²) in [6.07, 6.45) is 0. The number of nitrogens with zero attached hydrogens (tertiary/aromatic N) is 1. The van der Waals surface area contributed by atoms with E-state index in [1.54, 1.807) is 18.2 Å². The summed E-state index contributed by atoms with van der Waals surface area (Å²) in [5, 5.41) is 5.77. The van der Waals surface area contributed by atoms with Crippen LogP contribution in [0, 0.1) is 0 Å². The Morgan fingerprint density at radius 2 is 1.67 bits per heavy atom. The number of anilines is 2. The van der Waals surface area contributed by atoms with Crippen molar-refractivity contribution in [3.8, 4) is 0 Å². The van der Waals surface area contributed by atoms with E-state index in [2.05, 4.69) is 34.1 Å². The maximum atomic E-state index is 12.3. The van der Waals surface area contributed by atoms with Crippen LogP contribution in [0.15, 0.2) is 48.5 Å². The molecule has 0 aromatic heterocycles. The molecule has 0 atom stereocenters. The van der Waals surface area contributed by atoms with Crippen molar-refractivity contribution in [1.82, 2.24) is 5.32 Å². The molecule has 0 aliphatic heterocycles. The predicted molar refractivity (Wildman–Crippen MR) is 111 cm³/mol. The van der Waals surface area contributed by atoms with Gasteiger partial charge in [0.2, 0.25) is 0 Å². The van der Waals surface area contributed by atoms with Gasteiger partial charge in [-0.2, -0.15) is 0 Å². The van der Waals surface area contributed by atoms with Crippen molar-refractivity contribution in [2.45, 2.75) is 13.8 Å². The highest BCUT2D eigenvalue weighted by atomic mass is 32.1. The van der Waals surface area contributed by atoms with E-state index in [4.69, 9.17) is 12.2 Å². The number of rotatable bonds is 6. The molecule has 0 saturated carbocycles. The van der Waals surface area contributed by atoms with Crippen LogP contribution in [0.2, 0.25) is 0 Å². The summed E-state index contributed by atoms with van der Waals surface area (Å²) in [4.78, 5) is 26.1. The molecule has 27 heavy (non-hydrogen) atoms.